The largest absolute Gasteiger partial charge is 0.376 e. The van der Waals surface area contributed by atoms with Gasteiger partial charge in [-0.1, -0.05) is 0 Å². The van der Waals surface area contributed by atoms with E-state index in [1.165, 1.54) is 19.2 Å². The van der Waals surface area contributed by atoms with Crippen molar-refractivity contribution in [2.24, 2.45) is 5.92 Å². The van der Waals surface area contributed by atoms with Gasteiger partial charge >= 0.3 is 0 Å². The Morgan fingerprint density at radius 3 is 3.05 bits per heavy atom. The molecule has 1 aromatic heterocycles. The number of hydrogen-bond acceptors (Lipinski definition) is 5. The van der Waals surface area contributed by atoms with Gasteiger partial charge in [0.15, 0.2) is 0 Å². The average molecular weight is 277 g/mol. The van der Waals surface area contributed by atoms with E-state index >= 15 is 0 Å². The molecule has 4 rings (SSSR count). The lowest BCUT2D eigenvalue weighted by Crippen LogP contribution is -2.70. The van der Waals surface area contributed by atoms with Crippen LogP contribution in [0, 0.1) is 5.92 Å². The number of aromatic nitrogens is 3. The van der Waals surface area contributed by atoms with Gasteiger partial charge in [0.25, 0.3) is 5.91 Å². The molecule has 108 valence electrons. The Kier molecular flexibility index (Phi) is 2.96. The number of ether oxygens (including phenoxy) is 1. The van der Waals surface area contributed by atoms with Crippen molar-refractivity contribution in [1.29, 1.82) is 0 Å². The van der Waals surface area contributed by atoms with Gasteiger partial charge in [0.1, 0.15) is 6.33 Å². The summed E-state index contributed by atoms with van der Waals surface area (Å²) in [6.45, 7) is 3.05. The maximum absolute atomic E-state index is 12.2. The van der Waals surface area contributed by atoms with Crippen molar-refractivity contribution in [3.8, 4) is 0 Å². The van der Waals surface area contributed by atoms with Gasteiger partial charge in [-0.25, -0.2) is 4.98 Å². The summed E-state index contributed by atoms with van der Waals surface area (Å²) in [5, 5.41) is 9.46. The number of rotatable bonds is 3. The van der Waals surface area contributed by atoms with Crippen LogP contribution in [0.2, 0.25) is 0 Å². The highest BCUT2D eigenvalue weighted by Crippen LogP contribution is 2.42. The standard InChI is InChI=1S/C13H19N5O2/c19-13(12-14-7-15-17-12)16-9-8-3-6-20-11(8)10(9)18-4-1-2-5-18/h7-11H,1-6H2,(H,16,19)(H,14,15,17)/t8-,9+,10-,11-/m1/s1. The van der Waals surface area contributed by atoms with Crippen LogP contribution in [0.3, 0.4) is 0 Å². The van der Waals surface area contributed by atoms with E-state index < -0.39 is 0 Å². The molecule has 1 aliphatic carbocycles. The number of amides is 1. The van der Waals surface area contributed by atoms with Gasteiger partial charge in [-0.15, -0.1) is 0 Å². The molecule has 7 nitrogen and oxygen atoms in total. The first-order valence-corrected chi connectivity index (χ1v) is 7.36. The predicted octanol–water partition coefficient (Wildman–Crippen LogP) is -0.214. The van der Waals surface area contributed by atoms with Crippen LogP contribution in [-0.4, -0.2) is 63.9 Å². The Hall–Kier alpha value is -1.47. The van der Waals surface area contributed by atoms with E-state index in [9.17, 15) is 4.79 Å². The van der Waals surface area contributed by atoms with Crippen molar-refractivity contribution in [3.63, 3.8) is 0 Å². The van der Waals surface area contributed by atoms with Gasteiger partial charge in [-0.05, 0) is 32.4 Å². The van der Waals surface area contributed by atoms with Gasteiger partial charge in [0.05, 0.1) is 18.2 Å². The van der Waals surface area contributed by atoms with Crippen molar-refractivity contribution in [2.45, 2.75) is 37.5 Å². The second-order valence-electron chi connectivity index (χ2n) is 5.85. The molecule has 4 atom stereocenters. The zero-order valence-corrected chi connectivity index (χ0v) is 11.3. The highest BCUT2D eigenvalue weighted by atomic mass is 16.5. The van der Waals surface area contributed by atoms with Gasteiger partial charge in [0.2, 0.25) is 5.82 Å². The summed E-state index contributed by atoms with van der Waals surface area (Å²) >= 11 is 0. The van der Waals surface area contributed by atoms with Crippen molar-refractivity contribution < 1.29 is 9.53 Å². The molecular formula is C13H19N5O2. The van der Waals surface area contributed by atoms with Gasteiger partial charge in [0, 0.05) is 12.5 Å². The normalized spacial score (nSPS) is 36.6. The van der Waals surface area contributed by atoms with Gasteiger partial charge in [-0.2, -0.15) is 5.10 Å². The third-order valence-corrected chi connectivity index (χ3v) is 4.84. The lowest BCUT2D eigenvalue weighted by molar-refractivity contribution is -0.0748. The second kappa shape index (κ2) is 4.82. The van der Waals surface area contributed by atoms with Gasteiger partial charge in [-0.3, -0.25) is 14.8 Å². The van der Waals surface area contributed by atoms with Crippen molar-refractivity contribution in [1.82, 2.24) is 25.4 Å². The monoisotopic (exact) mass is 277 g/mol. The number of H-pyrrole nitrogens is 1. The summed E-state index contributed by atoms with van der Waals surface area (Å²) in [5.41, 5.74) is 0. The fraction of sp³-hybridized carbons (Fsp3) is 0.769. The van der Waals surface area contributed by atoms with Crippen LogP contribution in [0.15, 0.2) is 6.33 Å². The Balaban J connectivity index is 1.48. The molecule has 3 fully saturated rings. The number of nitrogens with zero attached hydrogens (tertiary/aromatic N) is 3. The fourth-order valence-electron chi connectivity index (χ4n) is 3.88. The molecule has 0 bridgehead atoms. The number of carbonyl (C=O) groups is 1. The first-order chi connectivity index (χ1) is 9.84. The first-order valence-electron chi connectivity index (χ1n) is 7.36. The number of likely N-dealkylation sites (tertiary alicyclic amines) is 1. The average Bonchev–Trinajstić information content (AvgIpc) is 3.18. The van der Waals surface area contributed by atoms with Crippen LogP contribution in [0.25, 0.3) is 0 Å². The topological polar surface area (TPSA) is 83.1 Å². The minimum absolute atomic E-state index is 0.165. The van der Waals surface area contributed by atoms with Crippen LogP contribution in [0.4, 0.5) is 0 Å². The molecule has 3 heterocycles. The number of hydrogen-bond donors (Lipinski definition) is 2. The summed E-state index contributed by atoms with van der Waals surface area (Å²) in [5.74, 6) is 0.571. The molecule has 2 saturated heterocycles. The Labute approximate surface area is 117 Å². The number of nitrogens with one attached hydrogen (secondary N) is 2. The third kappa shape index (κ3) is 1.84. The number of carbonyl (C=O) groups excluding carboxylic acids is 1. The molecular weight excluding hydrogens is 258 g/mol. The van der Waals surface area contributed by atoms with E-state index in [-0.39, 0.29) is 17.8 Å². The van der Waals surface area contributed by atoms with Crippen molar-refractivity contribution in [3.05, 3.63) is 12.2 Å². The summed E-state index contributed by atoms with van der Waals surface area (Å²) in [6, 6.07) is 0.509. The summed E-state index contributed by atoms with van der Waals surface area (Å²) < 4.78 is 5.85. The van der Waals surface area contributed by atoms with Crippen LogP contribution in [0.1, 0.15) is 29.9 Å². The molecule has 0 unspecified atom stereocenters. The smallest absolute Gasteiger partial charge is 0.288 e. The van der Waals surface area contributed by atoms with Crippen molar-refractivity contribution >= 4 is 5.91 Å². The highest BCUT2D eigenvalue weighted by molar-refractivity contribution is 5.90. The van der Waals surface area contributed by atoms with Crippen molar-refractivity contribution in [2.75, 3.05) is 19.7 Å². The SMILES string of the molecule is O=C(N[C@H]1[C@H]2CCO[C@H]2[C@@H]1N1CCCC1)c1ncn[nH]1. The van der Waals surface area contributed by atoms with Crippen LogP contribution in [0.5, 0.6) is 0 Å². The maximum Gasteiger partial charge on any atom is 0.288 e. The molecule has 0 aromatic carbocycles. The molecule has 1 aromatic rings. The maximum atomic E-state index is 12.2. The molecule has 1 saturated carbocycles. The van der Waals surface area contributed by atoms with E-state index in [1.807, 2.05) is 0 Å². The Morgan fingerprint density at radius 1 is 1.45 bits per heavy atom. The molecule has 20 heavy (non-hydrogen) atoms. The molecule has 1 amide bonds. The predicted molar refractivity (Wildman–Crippen MR) is 70.1 cm³/mol. The zero-order valence-electron chi connectivity index (χ0n) is 11.3. The molecule has 0 radical (unpaired) electrons. The number of fused-ring (bicyclic) bond motifs is 1. The fourth-order valence-corrected chi connectivity index (χ4v) is 3.88. The van der Waals surface area contributed by atoms with Crippen LogP contribution < -0.4 is 5.32 Å². The quantitative estimate of drug-likeness (QED) is 0.798. The highest BCUT2D eigenvalue weighted by Gasteiger charge is 2.56. The summed E-state index contributed by atoms with van der Waals surface area (Å²) in [6.07, 6.45) is 5.19. The molecule has 2 N–H and O–H groups in total. The van der Waals surface area contributed by atoms with E-state index in [2.05, 4.69) is 25.4 Å². The summed E-state index contributed by atoms with van der Waals surface area (Å²) in [7, 11) is 0. The number of aromatic amines is 1. The Bertz CT molecular complexity index is 480. The molecule has 2 aliphatic heterocycles. The zero-order chi connectivity index (χ0) is 13.5. The van der Waals surface area contributed by atoms with E-state index in [0.717, 1.165) is 26.1 Å². The van der Waals surface area contributed by atoms with Gasteiger partial charge < -0.3 is 10.1 Å². The van der Waals surface area contributed by atoms with Crippen LogP contribution in [-0.2, 0) is 4.74 Å². The molecule has 7 heteroatoms. The lowest BCUT2D eigenvalue weighted by atomic mass is 9.70. The molecule has 3 aliphatic rings. The second-order valence-corrected chi connectivity index (χ2v) is 5.85. The van der Waals surface area contributed by atoms with E-state index in [1.54, 1.807) is 0 Å². The third-order valence-electron chi connectivity index (χ3n) is 4.84. The Morgan fingerprint density at radius 2 is 2.30 bits per heavy atom. The summed E-state index contributed by atoms with van der Waals surface area (Å²) in [4.78, 5) is 18.5. The van der Waals surface area contributed by atoms with E-state index in [0.29, 0.717) is 18.1 Å². The van der Waals surface area contributed by atoms with Crippen LogP contribution >= 0.6 is 0 Å². The molecule has 0 spiro atoms. The lowest BCUT2D eigenvalue weighted by Gasteiger charge is -2.51. The van der Waals surface area contributed by atoms with E-state index in [4.69, 9.17) is 4.74 Å². The minimum atomic E-state index is -0.165. The first kappa shape index (κ1) is 12.3. The minimum Gasteiger partial charge on any atom is -0.376 e.